The molecule has 0 aromatic heterocycles. The van der Waals surface area contributed by atoms with Crippen LogP contribution in [0.3, 0.4) is 0 Å². The average Bonchev–Trinajstić information content (AvgIpc) is 3.06. The topological polar surface area (TPSA) is 40.4 Å². The van der Waals surface area contributed by atoms with Crippen LogP contribution in [0.1, 0.15) is 17.5 Å². The lowest BCUT2D eigenvalue weighted by molar-refractivity contribution is -0.439. The van der Waals surface area contributed by atoms with Gasteiger partial charge in [0.25, 0.3) is 0 Å². The maximum atomic E-state index is 12.9. The van der Waals surface area contributed by atoms with Crippen molar-refractivity contribution in [3.63, 3.8) is 0 Å². The Morgan fingerprint density at radius 2 is 1.75 bits per heavy atom. The number of fused-ring (bicyclic) bond motifs is 2. The normalized spacial score (nSPS) is 22.2. The number of benzene rings is 2. The molecule has 0 bridgehead atoms. The fourth-order valence-corrected chi connectivity index (χ4v) is 3.77. The molecule has 1 atom stereocenters. The number of likely N-dealkylation sites (N-methyl/N-ethyl adjacent to an activating group) is 1. The first kappa shape index (κ1) is 14.8. The molecular weight excluding hydrogens is 300 g/mol. The van der Waals surface area contributed by atoms with Crippen molar-refractivity contribution in [3.8, 4) is 0 Å². The number of hydrogen-bond donors (Lipinski definition) is 0. The third-order valence-corrected chi connectivity index (χ3v) is 5.04. The summed E-state index contributed by atoms with van der Waals surface area (Å²) in [5.41, 5.74) is 2.21. The van der Waals surface area contributed by atoms with Crippen LogP contribution in [-0.2, 0) is 21.4 Å². The predicted molar refractivity (Wildman–Crippen MR) is 92.5 cm³/mol. The van der Waals surface area contributed by atoms with E-state index in [0.717, 1.165) is 17.7 Å². The van der Waals surface area contributed by atoms with Crippen LogP contribution in [0.25, 0.3) is 0 Å². The molecule has 1 spiro atoms. The number of amides is 2. The second-order valence-electron chi connectivity index (χ2n) is 6.48. The molecule has 4 nitrogen and oxygen atoms in total. The minimum absolute atomic E-state index is 0.0146. The van der Waals surface area contributed by atoms with Gasteiger partial charge in [-0.05, 0) is 11.6 Å². The number of carbonyl (C=O) groups excluding carboxylic acids is 2. The van der Waals surface area contributed by atoms with Gasteiger partial charge in [-0.1, -0.05) is 48.5 Å². The Morgan fingerprint density at radius 3 is 2.54 bits per heavy atom. The first-order chi connectivity index (χ1) is 11.6. The highest BCUT2D eigenvalue weighted by Crippen LogP contribution is 2.44. The standard InChI is InChI=1S/C20H19N2O2/c1-21-17-10-6-5-9-16(17)20(19(21)24)13-18(23)22(14-20)12-11-15-7-3-2-4-8-15/h2-10,14H,11-13H2,1H3/q+1/t20-/m0/s1. The number of anilines is 1. The van der Waals surface area contributed by atoms with Gasteiger partial charge in [0.05, 0.1) is 0 Å². The van der Waals surface area contributed by atoms with Crippen molar-refractivity contribution >= 4 is 23.7 Å². The number of rotatable bonds is 3. The van der Waals surface area contributed by atoms with Gasteiger partial charge in [0.15, 0.2) is 18.2 Å². The fourth-order valence-electron chi connectivity index (χ4n) is 3.77. The smallest absolute Gasteiger partial charge is 0.314 e. The summed E-state index contributed by atoms with van der Waals surface area (Å²) in [7, 11) is 1.78. The second-order valence-corrected chi connectivity index (χ2v) is 6.48. The fraction of sp³-hybridized carbons (Fsp3) is 0.250. The van der Waals surface area contributed by atoms with Crippen LogP contribution in [0, 0.1) is 0 Å². The number of para-hydroxylation sites is 1. The van der Waals surface area contributed by atoms with Crippen LogP contribution in [0.4, 0.5) is 5.69 Å². The number of carbonyl (C=O) groups is 2. The Balaban J connectivity index is 1.67. The average molecular weight is 319 g/mol. The SMILES string of the molecule is CN1C(=O)[C@@]2(C=[N+](CCc3ccccc3)C(=O)C2)c2ccccc21. The molecule has 4 rings (SSSR count). The van der Waals surface area contributed by atoms with E-state index >= 15 is 0 Å². The van der Waals surface area contributed by atoms with Crippen LogP contribution in [-0.4, -0.2) is 36.2 Å². The van der Waals surface area contributed by atoms with Crippen molar-refractivity contribution in [1.82, 2.24) is 0 Å². The number of hydrogen-bond acceptors (Lipinski definition) is 2. The second kappa shape index (κ2) is 5.41. The van der Waals surface area contributed by atoms with Crippen LogP contribution in [0.2, 0.25) is 0 Å². The summed E-state index contributed by atoms with van der Waals surface area (Å²) in [6, 6.07) is 17.8. The molecule has 2 aromatic carbocycles. The van der Waals surface area contributed by atoms with E-state index in [-0.39, 0.29) is 18.2 Å². The quantitative estimate of drug-likeness (QED) is 0.814. The summed E-state index contributed by atoms with van der Waals surface area (Å²) in [5, 5.41) is 0. The largest absolute Gasteiger partial charge is 0.388 e. The molecule has 2 amide bonds. The van der Waals surface area contributed by atoms with Gasteiger partial charge in [-0.3, -0.25) is 4.79 Å². The van der Waals surface area contributed by atoms with Gasteiger partial charge >= 0.3 is 5.91 Å². The van der Waals surface area contributed by atoms with Crippen LogP contribution in [0.5, 0.6) is 0 Å². The van der Waals surface area contributed by atoms with E-state index in [0.29, 0.717) is 6.54 Å². The zero-order valence-electron chi connectivity index (χ0n) is 13.6. The first-order valence-corrected chi connectivity index (χ1v) is 8.19. The Hall–Kier alpha value is -2.75. The third-order valence-electron chi connectivity index (χ3n) is 5.04. The molecule has 24 heavy (non-hydrogen) atoms. The first-order valence-electron chi connectivity index (χ1n) is 8.19. The minimum Gasteiger partial charge on any atom is -0.314 e. The summed E-state index contributed by atoms with van der Waals surface area (Å²) in [6.45, 7) is 0.601. The van der Waals surface area contributed by atoms with E-state index in [2.05, 4.69) is 12.1 Å². The van der Waals surface area contributed by atoms with E-state index in [9.17, 15) is 9.59 Å². The summed E-state index contributed by atoms with van der Waals surface area (Å²) >= 11 is 0. The highest BCUT2D eigenvalue weighted by Gasteiger charge is 2.58. The zero-order valence-corrected chi connectivity index (χ0v) is 13.6. The van der Waals surface area contributed by atoms with Gasteiger partial charge in [-0.25, -0.2) is 4.79 Å². The molecular formula is C20H19N2O2+. The molecule has 0 radical (unpaired) electrons. The summed E-state index contributed by atoms with van der Waals surface area (Å²) in [5.74, 6) is 0.00338. The lowest BCUT2D eigenvalue weighted by Crippen LogP contribution is -2.38. The minimum atomic E-state index is -0.820. The van der Waals surface area contributed by atoms with E-state index < -0.39 is 5.41 Å². The van der Waals surface area contributed by atoms with E-state index in [1.807, 2.05) is 48.7 Å². The molecule has 2 aliphatic heterocycles. The third kappa shape index (κ3) is 2.10. The Morgan fingerprint density at radius 1 is 1.04 bits per heavy atom. The van der Waals surface area contributed by atoms with Crippen molar-refractivity contribution in [2.45, 2.75) is 18.3 Å². The van der Waals surface area contributed by atoms with Crippen molar-refractivity contribution in [2.75, 3.05) is 18.5 Å². The zero-order chi connectivity index (χ0) is 16.7. The molecule has 4 heteroatoms. The molecule has 2 aliphatic rings. The highest BCUT2D eigenvalue weighted by molar-refractivity contribution is 6.20. The Kier molecular flexibility index (Phi) is 3.34. The van der Waals surface area contributed by atoms with Crippen molar-refractivity contribution < 1.29 is 14.2 Å². The Labute approximate surface area is 141 Å². The van der Waals surface area contributed by atoms with Crippen LogP contribution in [0.15, 0.2) is 54.6 Å². The summed E-state index contributed by atoms with van der Waals surface area (Å²) < 4.78 is 1.72. The Bertz CT molecular complexity index is 857. The van der Waals surface area contributed by atoms with Crippen LogP contribution < -0.4 is 4.90 Å². The van der Waals surface area contributed by atoms with Gasteiger partial charge in [-0.2, -0.15) is 4.58 Å². The van der Waals surface area contributed by atoms with Crippen molar-refractivity contribution in [3.05, 3.63) is 65.7 Å². The lowest BCUT2D eigenvalue weighted by Gasteiger charge is -2.14. The van der Waals surface area contributed by atoms with Gasteiger partial charge < -0.3 is 4.90 Å². The van der Waals surface area contributed by atoms with E-state index in [4.69, 9.17) is 0 Å². The molecule has 0 saturated heterocycles. The van der Waals surface area contributed by atoms with Crippen LogP contribution >= 0.6 is 0 Å². The maximum absolute atomic E-state index is 12.9. The predicted octanol–water partition coefficient (Wildman–Crippen LogP) is 2.16. The molecule has 0 unspecified atom stereocenters. The summed E-state index contributed by atoms with van der Waals surface area (Å²) in [6.07, 6.45) is 2.86. The molecule has 0 aliphatic carbocycles. The van der Waals surface area contributed by atoms with Crippen molar-refractivity contribution in [2.24, 2.45) is 0 Å². The van der Waals surface area contributed by atoms with Gasteiger partial charge in [0, 0.05) is 24.7 Å². The lowest BCUT2D eigenvalue weighted by atomic mass is 9.81. The monoisotopic (exact) mass is 319 g/mol. The molecule has 2 aromatic rings. The molecule has 2 heterocycles. The van der Waals surface area contributed by atoms with Gasteiger partial charge in [-0.15, -0.1) is 0 Å². The molecule has 120 valence electrons. The van der Waals surface area contributed by atoms with E-state index in [1.54, 1.807) is 16.5 Å². The summed E-state index contributed by atoms with van der Waals surface area (Å²) in [4.78, 5) is 27.1. The maximum Gasteiger partial charge on any atom is 0.388 e. The van der Waals surface area contributed by atoms with E-state index in [1.165, 1.54) is 5.56 Å². The molecule has 0 N–H and O–H groups in total. The van der Waals surface area contributed by atoms with Gasteiger partial charge in [0.2, 0.25) is 5.91 Å². The highest BCUT2D eigenvalue weighted by atomic mass is 16.2. The molecule has 0 saturated carbocycles. The number of nitrogens with zero attached hydrogens (tertiary/aromatic N) is 2. The van der Waals surface area contributed by atoms with Crippen molar-refractivity contribution in [1.29, 1.82) is 0 Å². The molecule has 0 fully saturated rings. The van der Waals surface area contributed by atoms with Gasteiger partial charge in [0.1, 0.15) is 6.42 Å².